The highest BCUT2D eigenvalue weighted by molar-refractivity contribution is 6.31. The first-order valence-corrected chi connectivity index (χ1v) is 12.5. The number of carbonyl (C=O) groups is 2. The van der Waals surface area contributed by atoms with E-state index in [4.69, 9.17) is 0 Å². The maximum absolute atomic E-state index is 13.5. The Balaban J connectivity index is 1.74. The second kappa shape index (κ2) is 12.7. The summed E-state index contributed by atoms with van der Waals surface area (Å²) in [5.74, 6) is -0.148. The van der Waals surface area contributed by atoms with Crippen LogP contribution in [0.1, 0.15) is 70.4 Å². The molecule has 0 atom stereocenters. The number of fused-ring (bicyclic) bond motifs is 2. The maximum atomic E-state index is 13.5. The van der Waals surface area contributed by atoms with Crippen molar-refractivity contribution in [2.75, 3.05) is 65.0 Å². The van der Waals surface area contributed by atoms with E-state index in [2.05, 4.69) is 48.6 Å². The van der Waals surface area contributed by atoms with Gasteiger partial charge in [0.25, 0.3) is 0 Å². The number of hydrogen-bond acceptors (Lipinski definition) is 6. The van der Waals surface area contributed by atoms with Gasteiger partial charge in [0.1, 0.15) is 0 Å². The van der Waals surface area contributed by atoms with Crippen molar-refractivity contribution in [2.45, 2.75) is 38.5 Å². The van der Waals surface area contributed by atoms with Gasteiger partial charge < -0.3 is 20.4 Å². The quantitative estimate of drug-likeness (QED) is 0.336. The van der Waals surface area contributed by atoms with Crippen LogP contribution in [0, 0.1) is 0 Å². The summed E-state index contributed by atoms with van der Waals surface area (Å²) in [6, 6.07) is 11.1. The predicted octanol–water partition coefficient (Wildman–Crippen LogP) is 4.75. The topological polar surface area (TPSA) is 64.7 Å². The van der Waals surface area contributed by atoms with Crippen LogP contribution in [-0.4, -0.2) is 75.7 Å². The second-order valence-electron chi connectivity index (χ2n) is 9.70. The van der Waals surface area contributed by atoms with E-state index in [0.29, 0.717) is 22.3 Å². The molecule has 0 fully saturated rings. The van der Waals surface area contributed by atoms with Gasteiger partial charge in [-0.3, -0.25) is 9.59 Å². The monoisotopic (exact) mass is 464 g/mol. The fourth-order valence-corrected chi connectivity index (χ4v) is 4.42. The standard InChI is InChI=1S/C28H40N4O2/c1-31(2)19-11-5-9-17-29-23-15-16-24(30-18-10-6-12-20-32(3)4)26-25(23)27(33)21-13-7-8-14-22(21)28(26)34/h7-8,13-16,29-30H,5-6,9-12,17-20H2,1-4H3. The molecule has 0 aromatic heterocycles. The molecule has 0 saturated carbocycles. The second-order valence-corrected chi connectivity index (χ2v) is 9.70. The smallest absolute Gasteiger partial charge is 0.196 e. The Bertz CT molecular complexity index is 906. The Morgan fingerprint density at radius 1 is 0.588 bits per heavy atom. The predicted molar refractivity (Wildman–Crippen MR) is 142 cm³/mol. The average Bonchev–Trinajstić information content (AvgIpc) is 2.81. The normalized spacial score (nSPS) is 12.8. The molecule has 2 N–H and O–H groups in total. The van der Waals surface area contributed by atoms with E-state index in [1.54, 1.807) is 12.1 Å². The molecule has 3 rings (SSSR count). The third-order valence-electron chi connectivity index (χ3n) is 6.27. The lowest BCUT2D eigenvalue weighted by Crippen LogP contribution is -2.24. The van der Waals surface area contributed by atoms with Crippen LogP contribution in [0.15, 0.2) is 36.4 Å². The number of anilines is 2. The van der Waals surface area contributed by atoms with Crippen LogP contribution >= 0.6 is 0 Å². The summed E-state index contributed by atoms with van der Waals surface area (Å²) in [5.41, 5.74) is 3.52. The van der Waals surface area contributed by atoms with Gasteiger partial charge in [0.15, 0.2) is 11.6 Å². The summed E-state index contributed by atoms with van der Waals surface area (Å²) < 4.78 is 0. The third-order valence-corrected chi connectivity index (χ3v) is 6.27. The molecule has 0 unspecified atom stereocenters. The molecule has 0 saturated heterocycles. The lowest BCUT2D eigenvalue weighted by atomic mass is 9.82. The van der Waals surface area contributed by atoms with Gasteiger partial charge in [0.2, 0.25) is 0 Å². The molecule has 6 heteroatoms. The van der Waals surface area contributed by atoms with E-state index >= 15 is 0 Å². The van der Waals surface area contributed by atoms with Gasteiger partial charge in [0.05, 0.1) is 11.1 Å². The molecule has 0 heterocycles. The summed E-state index contributed by atoms with van der Waals surface area (Å²) in [4.78, 5) is 31.4. The number of unbranched alkanes of at least 4 members (excludes halogenated alkanes) is 4. The van der Waals surface area contributed by atoms with Gasteiger partial charge in [-0.25, -0.2) is 0 Å². The number of rotatable bonds is 14. The largest absolute Gasteiger partial charge is 0.384 e. The Morgan fingerprint density at radius 2 is 1.00 bits per heavy atom. The van der Waals surface area contributed by atoms with Crippen LogP contribution in [-0.2, 0) is 0 Å². The first-order chi connectivity index (χ1) is 16.4. The third kappa shape index (κ3) is 6.67. The number of nitrogens with zero attached hydrogens (tertiary/aromatic N) is 2. The molecule has 1 aliphatic rings. The summed E-state index contributed by atoms with van der Waals surface area (Å²) in [6.45, 7) is 3.71. The number of ketones is 2. The zero-order valence-electron chi connectivity index (χ0n) is 21.2. The van der Waals surface area contributed by atoms with Gasteiger partial charge in [-0.15, -0.1) is 0 Å². The van der Waals surface area contributed by atoms with Gasteiger partial charge >= 0.3 is 0 Å². The molecule has 184 valence electrons. The Kier molecular flexibility index (Phi) is 9.66. The van der Waals surface area contributed by atoms with Gasteiger partial charge in [-0.2, -0.15) is 0 Å². The molecule has 0 bridgehead atoms. The van der Waals surface area contributed by atoms with E-state index in [-0.39, 0.29) is 11.6 Å². The molecule has 0 amide bonds. The Hall–Kier alpha value is -2.70. The van der Waals surface area contributed by atoms with Crippen molar-refractivity contribution < 1.29 is 9.59 Å². The van der Waals surface area contributed by atoms with Gasteiger partial charge in [-0.1, -0.05) is 37.1 Å². The summed E-state index contributed by atoms with van der Waals surface area (Å²) in [5, 5.41) is 6.89. The van der Waals surface area contributed by atoms with Crippen molar-refractivity contribution in [3.63, 3.8) is 0 Å². The molecule has 34 heavy (non-hydrogen) atoms. The number of nitrogens with one attached hydrogen (secondary N) is 2. The fourth-order valence-electron chi connectivity index (χ4n) is 4.42. The van der Waals surface area contributed by atoms with E-state index in [1.165, 1.54) is 0 Å². The number of carbonyl (C=O) groups excluding carboxylic acids is 2. The molecule has 2 aromatic carbocycles. The molecular weight excluding hydrogens is 424 g/mol. The summed E-state index contributed by atoms with van der Waals surface area (Å²) in [6.07, 6.45) is 6.58. The van der Waals surface area contributed by atoms with Crippen molar-refractivity contribution in [1.82, 2.24) is 9.80 Å². The SMILES string of the molecule is CN(C)CCCCCNc1ccc(NCCCCCN(C)C)c2c1C(=O)c1ccccc1C2=O. The van der Waals surface area contributed by atoms with Crippen LogP contribution in [0.5, 0.6) is 0 Å². The molecule has 2 aromatic rings. The van der Waals surface area contributed by atoms with Gasteiger partial charge in [-0.05, 0) is 79.1 Å². The van der Waals surface area contributed by atoms with E-state index in [0.717, 1.165) is 76.1 Å². The number of hydrogen-bond donors (Lipinski definition) is 2. The summed E-state index contributed by atoms with van der Waals surface area (Å²) in [7, 11) is 8.35. The molecule has 0 aliphatic heterocycles. The lowest BCUT2D eigenvalue weighted by molar-refractivity contribution is 0.0980. The van der Waals surface area contributed by atoms with Gasteiger partial charge in [0, 0.05) is 35.6 Å². The van der Waals surface area contributed by atoms with Crippen molar-refractivity contribution in [3.8, 4) is 0 Å². The highest BCUT2D eigenvalue weighted by Crippen LogP contribution is 2.36. The highest BCUT2D eigenvalue weighted by atomic mass is 16.1. The fraction of sp³-hybridized carbons (Fsp3) is 0.500. The minimum absolute atomic E-state index is 0.0741. The average molecular weight is 465 g/mol. The zero-order chi connectivity index (χ0) is 24.5. The van der Waals surface area contributed by atoms with Crippen molar-refractivity contribution in [2.24, 2.45) is 0 Å². The van der Waals surface area contributed by atoms with Crippen LogP contribution in [0.25, 0.3) is 0 Å². The Labute approximate surface area is 204 Å². The van der Waals surface area contributed by atoms with Crippen LogP contribution in [0.3, 0.4) is 0 Å². The van der Waals surface area contributed by atoms with Crippen molar-refractivity contribution in [3.05, 3.63) is 58.7 Å². The van der Waals surface area contributed by atoms with E-state index in [9.17, 15) is 9.59 Å². The van der Waals surface area contributed by atoms with E-state index in [1.807, 2.05) is 24.3 Å². The van der Waals surface area contributed by atoms with Crippen LogP contribution < -0.4 is 10.6 Å². The zero-order valence-corrected chi connectivity index (χ0v) is 21.2. The minimum Gasteiger partial charge on any atom is -0.384 e. The maximum Gasteiger partial charge on any atom is 0.196 e. The highest BCUT2D eigenvalue weighted by Gasteiger charge is 2.33. The number of benzene rings is 2. The first-order valence-electron chi connectivity index (χ1n) is 12.5. The van der Waals surface area contributed by atoms with Crippen LogP contribution in [0.2, 0.25) is 0 Å². The minimum atomic E-state index is -0.0741. The lowest BCUT2D eigenvalue weighted by Gasteiger charge is -2.24. The van der Waals surface area contributed by atoms with E-state index < -0.39 is 0 Å². The Morgan fingerprint density at radius 3 is 1.38 bits per heavy atom. The molecular formula is C28H40N4O2. The molecule has 0 radical (unpaired) electrons. The van der Waals surface area contributed by atoms with Crippen molar-refractivity contribution >= 4 is 22.9 Å². The first kappa shape index (κ1) is 25.9. The summed E-state index contributed by atoms with van der Waals surface area (Å²) >= 11 is 0. The molecule has 0 spiro atoms. The molecule has 6 nitrogen and oxygen atoms in total. The van der Waals surface area contributed by atoms with Crippen molar-refractivity contribution in [1.29, 1.82) is 0 Å². The molecule has 1 aliphatic carbocycles. The van der Waals surface area contributed by atoms with Crippen LogP contribution in [0.4, 0.5) is 11.4 Å².